The summed E-state index contributed by atoms with van der Waals surface area (Å²) in [5.74, 6) is 0. The van der Waals surface area contributed by atoms with Crippen LogP contribution in [-0.4, -0.2) is 49.7 Å². The molecule has 5 nitrogen and oxygen atoms in total. The fourth-order valence-corrected chi connectivity index (χ4v) is 2.14. The summed E-state index contributed by atoms with van der Waals surface area (Å²) in [6.07, 6.45) is 0. The zero-order valence-electron chi connectivity index (χ0n) is 10.0. The van der Waals surface area contributed by atoms with Crippen LogP contribution in [0.1, 0.15) is 0 Å². The molecule has 0 saturated carbocycles. The van der Waals surface area contributed by atoms with E-state index in [1.165, 1.54) is 0 Å². The predicted octanol–water partition coefficient (Wildman–Crippen LogP) is 0.770. The van der Waals surface area contributed by atoms with Crippen molar-refractivity contribution < 1.29 is 4.94 Å². The van der Waals surface area contributed by atoms with Crippen molar-refractivity contribution in [3.8, 4) is 0 Å². The normalized spacial score (nSPS) is 21.4. The highest BCUT2D eigenvalue weighted by Gasteiger charge is 2.23. The monoisotopic (exact) mass is 233 g/mol. The Morgan fingerprint density at radius 1 is 1.35 bits per heavy atom. The number of nitrogens with zero attached hydrogens (tertiary/aromatic N) is 3. The zero-order valence-corrected chi connectivity index (χ0v) is 10.0. The van der Waals surface area contributed by atoms with E-state index in [9.17, 15) is 0 Å². The summed E-state index contributed by atoms with van der Waals surface area (Å²) in [6.45, 7) is 5.21. The molecule has 0 amide bonds. The van der Waals surface area contributed by atoms with Crippen LogP contribution in [0, 0.1) is 6.07 Å². The summed E-state index contributed by atoms with van der Waals surface area (Å²) in [6, 6.07) is 8.88. The fraction of sp³-hybridized carbons (Fsp3) is 0.500. The molecule has 5 heteroatoms. The van der Waals surface area contributed by atoms with Gasteiger partial charge in [-0.25, -0.2) is 10.5 Å². The molecule has 0 spiro atoms. The SMILES string of the molecule is CN1CCN(CN2ONc3cc[c]cc32)CC1. The molecule has 2 aliphatic rings. The van der Waals surface area contributed by atoms with Gasteiger partial charge in [-0.2, -0.15) is 4.94 Å². The van der Waals surface area contributed by atoms with Gasteiger partial charge in [0.15, 0.2) is 0 Å². The Kier molecular flexibility index (Phi) is 2.88. The van der Waals surface area contributed by atoms with Gasteiger partial charge in [0.25, 0.3) is 0 Å². The van der Waals surface area contributed by atoms with Crippen molar-refractivity contribution >= 4 is 11.4 Å². The fourth-order valence-electron chi connectivity index (χ4n) is 2.14. The number of anilines is 2. The highest BCUT2D eigenvalue weighted by molar-refractivity contribution is 5.70. The lowest BCUT2D eigenvalue weighted by Gasteiger charge is -2.34. The summed E-state index contributed by atoms with van der Waals surface area (Å²) < 4.78 is 0. The van der Waals surface area contributed by atoms with Crippen LogP contribution in [0.2, 0.25) is 0 Å². The third kappa shape index (κ3) is 2.22. The van der Waals surface area contributed by atoms with E-state index in [1.807, 2.05) is 23.3 Å². The van der Waals surface area contributed by atoms with Gasteiger partial charge in [0.05, 0.1) is 11.4 Å². The van der Waals surface area contributed by atoms with Gasteiger partial charge < -0.3 is 4.90 Å². The Bertz CT molecular complexity index is 390. The first-order valence-electron chi connectivity index (χ1n) is 5.94. The minimum absolute atomic E-state index is 0.797. The van der Waals surface area contributed by atoms with Crippen LogP contribution >= 0.6 is 0 Å². The highest BCUT2D eigenvalue weighted by atomic mass is 16.8. The second-order valence-corrected chi connectivity index (χ2v) is 4.58. The molecule has 3 rings (SSSR count). The van der Waals surface area contributed by atoms with Crippen molar-refractivity contribution in [3.05, 3.63) is 24.3 Å². The number of likely N-dealkylation sites (N-methyl/N-ethyl adjacent to an activating group) is 1. The molecule has 1 saturated heterocycles. The van der Waals surface area contributed by atoms with Crippen molar-refractivity contribution in [1.82, 2.24) is 9.80 Å². The zero-order chi connectivity index (χ0) is 11.7. The summed E-state index contributed by atoms with van der Waals surface area (Å²) in [5.41, 5.74) is 4.99. The predicted molar refractivity (Wildman–Crippen MR) is 66.4 cm³/mol. The number of fused-ring (bicyclic) bond motifs is 1. The summed E-state index contributed by atoms with van der Waals surface area (Å²) >= 11 is 0. The van der Waals surface area contributed by atoms with Crippen LogP contribution in [0.4, 0.5) is 11.4 Å². The Hall–Kier alpha value is -1.30. The maximum atomic E-state index is 5.46. The van der Waals surface area contributed by atoms with Crippen molar-refractivity contribution in [2.75, 3.05) is 50.4 Å². The van der Waals surface area contributed by atoms with Crippen molar-refractivity contribution in [2.45, 2.75) is 0 Å². The van der Waals surface area contributed by atoms with Gasteiger partial charge in [0.2, 0.25) is 0 Å². The molecular weight excluding hydrogens is 216 g/mol. The maximum Gasteiger partial charge on any atom is 0.100 e. The van der Waals surface area contributed by atoms with Crippen molar-refractivity contribution in [3.63, 3.8) is 0 Å². The smallest absolute Gasteiger partial charge is 0.100 e. The van der Waals surface area contributed by atoms with Gasteiger partial charge >= 0.3 is 0 Å². The molecule has 1 aromatic rings. The molecule has 1 N–H and O–H groups in total. The Labute approximate surface area is 101 Å². The minimum Gasteiger partial charge on any atom is -0.304 e. The Morgan fingerprint density at radius 2 is 2.18 bits per heavy atom. The number of nitrogens with one attached hydrogen (secondary N) is 1. The number of hydroxylamine groups is 1. The molecule has 91 valence electrons. The highest BCUT2D eigenvalue weighted by Crippen LogP contribution is 2.31. The largest absolute Gasteiger partial charge is 0.304 e. The van der Waals surface area contributed by atoms with E-state index in [4.69, 9.17) is 4.94 Å². The van der Waals surface area contributed by atoms with Crippen LogP contribution in [0.3, 0.4) is 0 Å². The van der Waals surface area contributed by atoms with E-state index in [1.54, 1.807) is 0 Å². The number of hydrogen-bond donors (Lipinski definition) is 1. The van der Waals surface area contributed by atoms with Gasteiger partial charge in [-0.1, -0.05) is 6.07 Å². The molecule has 2 heterocycles. The standard InChI is InChI=1S/C12H17N4O/c1-14-6-8-15(9-7-14)10-16-12-5-3-2-4-11(12)13-17-16/h2,4-5,13H,6-10H2,1H3. The molecule has 0 bridgehead atoms. The lowest BCUT2D eigenvalue weighted by Crippen LogP contribution is -2.48. The summed E-state index contributed by atoms with van der Waals surface area (Å²) in [5, 5.41) is 1.89. The van der Waals surface area contributed by atoms with Crippen LogP contribution in [0.25, 0.3) is 0 Å². The van der Waals surface area contributed by atoms with Gasteiger partial charge in [0, 0.05) is 26.2 Å². The molecule has 2 aliphatic heterocycles. The quantitative estimate of drug-likeness (QED) is 0.815. The average molecular weight is 233 g/mol. The van der Waals surface area contributed by atoms with Gasteiger partial charge in [-0.05, 0) is 25.2 Å². The molecule has 1 fully saturated rings. The van der Waals surface area contributed by atoms with Crippen LogP contribution < -0.4 is 10.5 Å². The number of piperazine rings is 1. The van der Waals surface area contributed by atoms with E-state index in [-0.39, 0.29) is 0 Å². The Morgan fingerprint density at radius 3 is 3.00 bits per heavy atom. The van der Waals surface area contributed by atoms with E-state index in [0.717, 1.165) is 44.2 Å². The first kappa shape index (κ1) is 10.8. The van der Waals surface area contributed by atoms with E-state index in [0.29, 0.717) is 0 Å². The molecule has 0 atom stereocenters. The van der Waals surface area contributed by atoms with E-state index >= 15 is 0 Å². The Balaban J connectivity index is 1.64. The molecular formula is C12H17N4O. The second kappa shape index (κ2) is 4.52. The van der Waals surface area contributed by atoms with Gasteiger partial charge in [0.1, 0.15) is 6.67 Å². The second-order valence-electron chi connectivity index (χ2n) is 4.58. The van der Waals surface area contributed by atoms with Gasteiger partial charge in [-0.15, -0.1) is 0 Å². The molecule has 0 aliphatic carbocycles. The average Bonchev–Trinajstić information content (AvgIpc) is 2.76. The first-order chi connectivity index (χ1) is 8.33. The molecule has 17 heavy (non-hydrogen) atoms. The third-order valence-corrected chi connectivity index (χ3v) is 3.30. The van der Waals surface area contributed by atoms with Crippen LogP contribution in [0.15, 0.2) is 18.2 Å². The first-order valence-corrected chi connectivity index (χ1v) is 5.94. The van der Waals surface area contributed by atoms with Gasteiger partial charge in [-0.3, -0.25) is 4.90 Å². The van der Waals surface area contributed by atoms with Crippen molar-refractivity contribution in [1.29, 1.82) is 0 Å². The molecule has 0 unspecified atom stereocenters. The van der Waals surface area contributed by atoms with Crippen LogP contribution in [-0.2, 0) is 4.94 Å². The summed E-state index contributed by atoms with van der Waals surface area (Å²) in [4.78, 5) is 10.2. The number of rotatable bonds is 2. The van der Waals surface area contributed by atoms with E-state index < -0.39 is 0 Å². The topological polar surface area (TPSA) is 31.0 Å². The molecule has 0 aromatic heterocycles. The number of hydrogen-bond acceptors (Lipinski definition) is 5. The number of benzene rings is 1. The van der Waals surface area contributed by atoms with Crippen molar-refractivity contribution in [2.24, 2.45) is 0 Å². The lowest BCUT2D eigenvalue weighted by atomic mass is 10.3. The summed E-state index contributed by atoms with van der Waals surface area (Å²) in [7, 11) is 2.16. The lowest BCUT2D eigenvalue weighted by molar-refractivity contribution is 0.0935. The third-order valence-electron chi connectivity index (χ3n) is 3.30. The molecule has 1 radical (unpaired) electrons. The van der Waals surface area contributed by atoms with Crippen LogP contribution in [0.5, 0.6) is 0 Å². The molecule has 1 aromatic carbocycles. The minimum atomic E-state index is 0.797. The maximum absolute atomic E-state index is 5.46. The van der Waals surface area contributed by atoms with E-state index in [2.05, 4.69) is 28.4 Å².